The Kier molecular flexibility index (Phi) is 4.10. The third-order valence-electron chi connectivity index (χ3n) is 2.86. The van der Waals surface area contributed by atoms with E-state index < -0.39 is 0 Å². The van der Waals surface area contributed by atoms with E-state index in [0.29, 0.717) is 0 Å². The van der Waals surface area contributed by atoms with E-state index in [2.05, 4.69) is 29.5 Å². The maximum Gasteiger partial charge on any atom is 0.123 e. The minimum Gasteiger partial charge on any atom is -0.311 e. The molecule has 0 bridgehead atoms. The maximum absolute atomic E-state index is 5.58. The molecule has 0 saturated heterocycles. The molecule has 3 heteroatoms. The number of nitrogens with one attached hydrogen (secondary N) is 1. The molecular weight excluding hydrogens is 222 g/mol. The quantitative estimate of drug-likeness (QED) is 0.374. The number of nitrogens with two attached hydrogens (primary N) is 1. The monoisotopic (exact) mass is 239 g/mol. The summed E-state index contributed by atoms with van der Waals surface area (Å²) in [4.78, 5) is 4.53. The number of rotatable bonds is 3. The highest BCUT2D eigenvalue weighted by atomic mass is 15.3. The first kappa shape index (κ1) is 12.3. The van der Waals surface area contributed by atoms with Crippen molar-refractivity contribution in [3.63, 3.8) is 0 Å². The average Bonchev–Trinajstić information content (AvgIpc) is 2.46. The van der Waals surface area contributed by atoms with Crippen LogP contribution in [0.3, 0.4) is 0 Å². The number of hydrogen-bond donors (Lipinski definition) is 2. The normalized spacial score (nSPS) is 13.1. The van der Waals surface area contributed by atoms with Gasteiger partial charge in [-0.05, 0) is 17.7 Å². The summed E-state index contributed by atoms with van der Waals surface area (Å²) < 4.78 is 0. The Balaban J connectivity index is 2.27. The predicted molar refractivity (Wildman–Crippen MR) is 75.7 cm³/mol. The Morgan fingerprint density at radius 1 is 1.00 bits per heavy atom. The molecule has 0 saturated carbocycles. The van der Waals surface area contributed by atoms with Crippen LogP contribution >= 0.6 is 0 Å². The smallest absolute Gasteiger partial charge is 0.123 e. The van der Waals surface area contributed by atoms with Crippen LogP contribution in [0.4, 0.5) is 5.69 Å². The second-order valence-electron chi connectivity index (χ2n) is 4.11. The number of amidine groups is 1. The molecular formula is C15H17N3. The van der Waals surface area contributed by atoms with Crippen LogP contribution in [0.1, 0.15) is 18.4 Å². The molecule has 0 aliphatic carbocycles. The molecule has 2 aromatic carbocycles. The molecule has 92 valence electrons. The number of aliphatic imine (C=N–C) groups is 1. The Morgan fingerprint density at radius 2 is 1.56 bits per heavy atom. The van der Waals surface area contributed by atoms with Gasteiger partial charge < -0.3 is 5.43 Å². The van der Waals surface area contributed by atoms with Gasteiger partial charge in [0.1, 0.15) is 5.84 Å². The van der Waals surface area contributed by atoms with Crippen molar-refractivity contribution in [2.45, 2.75) is 12.8 Å². The van der Waals surface area contributed by atoms with Crippen LogP contribution < -0.4 is 11.3 Å². The summed E-state index contributed by atoms with van der Waals surface area (Å²) in [6.45, 7) is 2.08. The molecule has 1 atom stereocenters. The van der Waals surface area contributed by atoms with Crippen LogP contribution in [0.25, 0.3) is 0 Å². The van der Waals surface area contributed by atoms with Crippen molar-refractivity contribution in [3.8, 4) is 0 Å². The van der Waals surface area contributed by atoms with Gasteiger partial charge in [0.05, 0.1) is 5.69 Å². The summed E-state index contributed by atoms with van der Waals surface area (Å²) in [6.07, 6.45) is 0. The molecule has 2 rings (SSSR count). The molecule has 0 fully saturated rings. The van der Waals surface area contributed by atoms with Crippen LogP contribution in [0.15, 0.2) is 65.7 Å². The first-order chi connectivity index (χ1) is 8.81. The summed E-state index contributed by atoms with van der Waals surface area (Å²) in [5.74, 6) is 6.47. The summed E-state index contributed by atoms with van der Waals surface area (Å²) in [5, 5.41) is 0. The second-order valence-corrected chi connectivity index (χ2v) is 4.11. The van der Waals surface area contributed by atoms with E-state index in [9.17, 15) is 0 Å². The molecule has 2 aromatic rings. The van der Waals surface area contributed by atoms with Gasteiger partial charge >= 0.3 is 0 Å². The van der Waals surface area contributed by atoms with E-state index >= 15 is 0 Å². The summed E-state index contributed by atoms with van der Waals surface area (Å²) >= 11 is 0. The fourth-order valence-corrected chi connectivity index (χ4v) is 1.80. The zero-order chi connectivity index (χ0) is 12.8. The Hall–Kier alpha value is -2.13. The van der Waals surface area contributed by atoms with Crippen molar-refractivity contribution in [1.29, 1.82) is 0 Å². The van der Waals surface area contributed by atoms with Crippen molar-refractivity contribution in [1.82, 2.24) is 5.43 Å². The van der Waals surface area contributed by atoms with Crippen molar-refractivity contribution >= 4 is 11.5 Å². The van der Waals surface area contributed by atoms with Gasteiger partial charge in [-0.1, -0.05) is 55.5 Å². The molecule has 0 heterocycles. The average molecular weight is 239 g/mol. The summed E-state index contributed by atoms with van der Waals surface area (Å²) in [6, 6.07) is 20.0. The molecule has 0 radical (unpaired) electrons. The van der Waals surface area contributed by atoms with Gasteiger partial charge in [0.25, 0.3) is 0 Å². The molecule has 0 aliphatic heterocycles. The molecule has 3 nitrogen and oxygen atoms in total. The van der Waals surface area contributed by atoms with Crippen LogP contribution in [-0.4, -0.2) is 5.84 Å². The third kappa shape index (κ3) is 2.96. The molecule has 0 spiro atoms. The lowest BCUT2D eigenvalue weighted by molar-refractivity contribution is 0.901. The molecule has 0 aliphatic rings. The van der Waals surface area contributed by atoms with E-state index in [0.717, 1.165) is 11.5 Å². The molecule has 1 unspecified atom stereocenters. The fourth-order valence-electron chi connectivity index (χ4n) is 1.80. The maximum atomic E-state index is 5.58. The molecule has 18 heavy (non-hydrogen) atoms. The van der Waals surface area contributed by atoms with E-state index in [-0.39, 0.29) is 5.92 Å². The number of para-hydroxylation sites is 1. The minimum atomic E-state index is 0.136. The highest BCUT2D eigenvalue weighted by Gasteiger charge is 2.11. The van der Waals surface area contributed by atoms with Crippen LogP contribution in [0.2, 0.25) is 0 Å². The van der Waals surface area contributed by atoms with Gasteiger partial charge in [0.2, 0.25) is 0 Å². The van der Waals surface area contributed by atoms with Crippen LogP contribution in [0.5, 0.6) is 0 Å². The molecule has 3 N–H and O–H groups in total. The van der Waals surface area contributed by atoms with Crippen LogP contribution in [0, 0.1) is 0 Å². The van der Waals surface area contributed by atoms with Gasteiger partial charge in [0.15, 0.2) is 0 Å². The lowest BCUT2D eigenvalue weighted by Crippen LogP contribution is -2.33. The van der Waals surface area contributed by atoms with Crippen molar-refractivity contribution < 1.29 is 0 Å². The number of hydrogen-bond acceptors (Lipinski definition) is 2. The Morgan fingerprint density at radius 3 is 2.11 bits per heavy atom. The first-order valence-electron chi connectivity index (χ1n) is 5.96. The zero-order valence-electron chi connectivity index (χ0n) is 10.4. The standard InChI is InChI=1S/C15H17N3/c1-12(13-8-4-2-5-9-13)15(18-16)17-14-10-6-3-7-11-14/h2-12H,16H2,1H3,(H,17,18). The number of hydrazine groups is 1. The lowest BCUT2D eigenvalue weighted by Gasteiger charge is -2.14. The van der Waals surface area contributed by atoms with Crippen molar-refractivity contribution in [2.75, 3.05) is 0 Å². The van der Waals surface area contributed by atoms with Gasteiger partial charge in [-0.2, -0.15) is 0 Å². The van der Waals surface area contributed by atoms with Gasteiger partial charge in [-0.3, -0.25) is 0 Å². The highest BCUT2D eigenvalue weighted by molar-refractivity contribution is 5.90. The third-order valence-corrected chi connectivity index (χ3v) is 2.86. The SMILES string of the molecule is CC(C(=Nc1ccccc1)NN)c1ccccc1. The summed E-state index contributed by atoms with van der Waals surface area (Å²) in [7, 11) is 0. The lowest BCUT2D eigenvalue weighted by atomic mass is 10.0. The predicted octanol–water partition coefficient (Wildman–Crippen LogP) is 2.98. The number of nitrogens with zero attached hydrogens (tertiary/aromatic N) is 1. The van der Waals surface area contributed by atoms with Gasteiger partial charge in [0, 0.05) is 5.92 Å². The van der Waals surface area contributed by atoms with E-state index in [1.807, 2.05) is 48.5 Å². The van der Waals surface area contributed by atoms with Crippen LogP contribution in [-0.2, 0) is 0 Å². The van der Waals surface area contributed by atoms with Gasteiger partial charge in [-0.25, -0.2) is 10.8 Å². The van der Waals surface area contributed by atoms with Crippen molar-refractivity contribution in [3.05, 3.63) is 66.2 Å². The van der Waals surface area contributed by atoms with Crippen molar-refractivity contribution in [2.24, 2.45) is 10.8 Å². The highest BCUT2D eigenvalue weighted by Crippen LogP contribution is 2.18. The van der Waals surface area contributed by atoms with E-state index in [1.54, 1.807) is 0 Å². The van der Waals surface area contributed by atoms with E-state index in [1.165, 1.54) is 5.56 Å². The molecule has 0 aromatic heterocycles. The fraction of sp³-hybridized carbons (Fsp3) is 0.133. The Bertz CT molecular complexity index is 506. The summed E-state index contributed by atoms with van der Waals surface area (Å²) in [5.41, 5.74) is 4.78. The molecule has 0 amide bonds. The largest absolute Gasteiger partial charge is 0.311 e. The number of benzene rings is 2. The Labute approximate surface area is 107 Å². The zero-order valence-corrected chi connectivity index (χ0v) is 10.4. The topological polar surface area (TPSA) is 50.4 Å². The van der Waals surface area contributed by atoms with Gasteiger partial charge in [-0.15, -0.1) is 0 Å². The van der Waals surface area contributed by atoms with E-state index in [4.69, 9.17) is 5.84 Å². The minimum absolute atomic E-state index is 0.136. The second kappa shape index (κ2) is 5.98. The first-order valence-corrected chi connectivity index (χ1v) is 5.96.